The van der Waals surface area contributed by atoms with Crippen molar-refractivity contribution in [2.75, 3.05) is 18.6 Å². The van der Waals surface area contributed by atoms with Gasteiger partial charge in [0.05, 0.1) is 14.7 Å². The van der Waals surface area contributed by atoms with E-state index in [1.54, 1.807) is 24.3 Å². The number of furan rings is 1. The predicted molar refractivity (Wildman–Crippen MR) is 68.8 cm³/mol. The highest BCUT2D eigenvalue weighted by Crippen LogP contribution is 2.17. The molecule has 0 aliphatic rings. The molecule has 0 bridgehead atoms. The number of benzene rings is 1. The van der Waals surface area contributed by atoms with E-state index in [1.165, 1.54) is 25.5 Å². The van der Waals surface area contributed by atoms with Gasteiger partial charge in [0.1, 0.15) is 6.54 Å². The Balaban J connectivity index is 2.34. The molecule has 0 saturated carbocycles. The second kappa shape index (κ2) is 5.86. The van der Waals surface area contributed by atoms with E-state index >= 15 is 0 Å². The van der Waals surface area contributed by atoms with Crippen molar-refractivity contribution >= 4 is 17.8 Å². The molecular formula is C14H13NO4. The normalized spacial score (nSPS) is 10.7. The molecule has 98 valence electrons. The molecule has 0 saturated heterocycles. The van der Waals surface area contributed by atoms with E-state index in [9.17, 15) is 9.59 Å². The molecule has 2 rings (SSSR count). The first kappa shape index (κ1) is 11.5. The minimum Gasteiger partial charge on any atom is -0.468 e. The van der Waals surface area contributed by atoms with Crippen LogP contribution < -0.4 is 4.90 Å². The van der Waals surface area contributed by atoms with Crippen LogP contribution in [0.3, 0.4) is 0 Å². The number of carbonyl (C=O) groups is 2. The minimum absolute atomic E-state index is 0.0823. The number of nitrogens with zero attached hydrogens (tertiary/aromatic N) is 1. The summed E-state index contributed by atoms with van der Waals surface area (Å²) in [5.41, 5.74) is 0.188. The third-order valence-corrected chi connectivity index (χ3v) is 2.47. The topological polar surface area (TPSA) is 59.8 Å². The van der Waals surface area contributed by atoms with Crippen LogP contribution in [0.15, 0.2) is 53.1 Å². The molecule has 0 atom stereocenters. The summed E-state index contributed by atoms with van der Waals surface area (Å²) < 4.78 is 17.5. The first-order valence-electron chi connectivity index (χ1n) is 6.11. The van der Waals surface area contributed by atoms with Gasteiger partial charge in [-0.1, -0.05) is 18.2 Å². The lowest BCUT2D eigenvalue weighted by atomic mass is 10.2. The molecule has 19 heavy (non-hydrogen) atoms. The standard InChI is InChI=1S/C14H13NO4/c1-18-13(16)10-15(12-8-5-9-19-12)14(17)11-6-3-2-4-7-11/h2-9H,10H2,1H3/i6D. The van der Waals surface area contributed by atoms with Crippen molar-refractivity contribution in [3.8, 4) is 0 Å². The van der Waals surface area contributed by atoms with Crippen molar-refractivity contribution in [2.24, 2.45) is 0 Å². The highest BCUT2D eigenvalue weighted by Gasteiger charge is 2.22. The molecule has 0 fully saturated rings. The van der Waals surface area contributed by atoms with E-state index in [4.69, 9.17) is 5.79 Å². The second-order valence-electron chi connectivity index (χ2n) is 3.69. The summed E-state index contributed by atoms with van der Waals surface area (Å²) in [7, 11) is 1.24. The van der Waals surface area contributed by atoms with Gasteiger partial charge in [0.25, 0.3) is 5.91 Å². The number of esters is 1. The van der Waals surface area contributed by atoms with Crippen LogP contribution in [0.5, 0.6) is 0 Å². The molecule has 1 heterocycles. The highest BCUT2D eigenvalue weighted by atomic mass is 16.5. The SMILES string of the molecule is [2H]c1ccccc1C(=O)N(CC(=O)OC)c1ccco1. The summed E-state index contributed by atoms with van der Waals surface area (Å²) in [6.45, 7) is -0.281. The lowest BCUT2D eigenvalue weighted by Gasteiger charge is -2.18. The van der Waals surface area contributed by atoms with E-state index in [0.29, 0.717) is 0 Å². The monoisotopic (exact) mass is 260 g/mol. The molecule has 5 heteroatoms. The smallest absolute Gasteiger partial charge is 0.325 e. The van der Waals surface area contributed by atoms with Crippen molar-refractivity contribution in [2.45, 2.75) is 0 Å². The number of carbonyl (C=O) groups excluding carboxylic acids is 2. The van der Waals surface area contributed by atoms with Crippen LogP contribution in [0.1, 0.15) is 11.7 Å². The largest absolute Gasteiger partial charge is 0.468 e. The molecule has 0 N–H and O–H groups in total. The lowest BCUT2D eigenvalue weighted by Crippen LogP contribution is -2.36. The summed E-state index contributed by atoms with van der Waals surface area (Å²) in [4.78, 5) is 25.0. The summed E-state index contributed by atoms with van der Waals surface area (Å²) in [6, 6.07) is 9.61. The van der Waals surface area contributed by atoms with Gasteiger partial charge in [-0.25, -0.2) is 0 Å². The van der Waals surface area contributed by atoms with Gasteiger partial charge >= 0.3 is 5.97 Å². The number of rotatable bonds is 4. The summed E-state index contributed by atoms with van der Waals surface area (Å²) in [5, 5.41) is 0. The first-order valence-corrected chi connectivity index (χ1v) is 5.61. The molecule has 2 aromatic rings. The fraction of sp³-hybridized carbons (Fsp3) is 0.143. The van der Waals surface area contributed by atoms with E-state index in [0.717, 1.165) is 4.90 Å². The number of amides is 1. The average molecular weight is 260 g/mol. The van der Waals surface area contributed by atoms with Crippen molar-refractivity contribution in [3.63, 3.8) is 0 Å². The van der Waals surface area contributed by atoms with E-state index in [-0.39, 0.29) is 24.0 Å². The number of ether oxygens (including phenoxy) is 1. The number of hydrogen-bond donors (Lipinski definition) is 0. The van der Waals surface area contributed by atoms with Gasteiger partial charge in [-0.05, 0) is 18.2 Å². The molecule has 0 radical (unpaired) electrons. The molecule has 0 spiro atoms. The third kappa shape index (κ3) is 3.01. The zero-order valence-electron chi connectivity index (χ0n) is 11.3. The fourth-order valence-corrected chi connectivity index (χ4v) is 1.54. The molecule has 5 nitrogen and oxygen atoms in total. The Labute approximate surface area is 111 Å². The fourth-order valence-electron chi connectivity index (χ4n) is 1.54. The van der Waals surface area contributed by atoms with Gasteiger partial charge < -0.3 is 9.15 Å². The molecular weight excluding hydrogens is 246 g/mol. The Hall–Kier alpha value is -2.56. The van der Waals surface area contributed by atoms with Crippen LogP contribution in [0.4, 0.5) is 5.88 Å². The molecule has 0 aliphatic heterocycles. The molecule has 1 aromatic carbocycles. The van der Waals surface area contributed by atoms with Crippen LogP contribution in [-0.2, 0) is 9.53 Å². The quantitative estimate of drug-likeness (QED) is 0.790. The van der Waals surface area contributed by atoms with E-state index in [2.05, 4.69) is 4.74 Å². The minimum atomic E-state index is -0.572. The van der Waals surface area contributed by atoms with Gasteiger partial charge in [-0.3, -0.25) is 14.5 Å². The number of hydrogen-bond acceptors (Lipinski definition) is 4. The van der Waals surface area contributed by atoms with Gasteiger partial charge in [-0.15, -0.1) is 0 Å². The lowest BCUT2D eigenvalue weighted by molar-refractivity contribution is -0.138. The van der Waals surface area contributed by atoms with Gasteiger partial charge in [0.2, 0.25) is 5.88 Å². The summed E-state index contributed by atoms with van der Waals surface area (Å²) >= 11 is 0. The number of methoxy groups -OCH3 is 1. The van der Waals surface area contributed by atoms with Crippen molar-refractivity contribution < 1.29 is 20.1 Å². The van der Waals surface area contributed by atoms with Crippen molar-refractivity contribution in [3.05, 3.63) is 54.3 Å². The zero-order chi connectivity index (χ0) is 14.5. The van der Waals surface area contributed by atoms with Crippen LogP contribution in [0.2, 0.25) is 0 Å². The van der Waals surface area contributed by atoms with Crippen LogP contribution in [-0.4, -0.2) is 25.5 Å². The maximum atomic E-state index is 12.5. The van der Waals surface area contributed by atoms with Crippen LogP contribution in [0.25, 0.3) is 0 Å². The summed E-state index contributed by atoms with van der Waals surface area (Å²) in [5.74, 6) is -0.836. The Kier molecular flexibility index (Phi) is 3.55. The van der Waals surface area contributed by atoms with Crippen molar-refractivity contribution in [1.82, 2.24) is 0 Å². The van der Waals surface area contributed by atoms with Gasteiger partial charge in [0, 0.05) is 11.6 Å². The summed E-state index contributed by atoms with van der Waals surface area (Å²) in [6.07, 6.45) is 1.40. The van der Waals surface area contributed by atoms with Crippen LogP contribution >= 0.6 is 0 Å². The Morgan fingerprint density at radius 3 is 2.79 bits per heavy atom. The Morgan fingerprint density at radius 1 is 1.32 bits per heavy atom. The molecule has 0 unspecified atom stereocenters. The molecule has 1 amide bonds. The maximum absolute atomic E-state index is 12.5. The second-order valence-corrected chi connectivity index (χ2v) is 3.69. The van der Waals surface area contributed by atoms with E-state index < -0.39 is 11.9 Å². The number of anilines is 1. The maximum Gasteiger partial charge on any atom is 0.325 e. The zero-order valence-corrected chi connectivity index (χ0v) is 10.3. The first-order chi connectivity index (χ1) is 9.63. The highest BCUT2D eigenvalue weighted by molar-refractivity contribution is 6.07. The molecule has 0 aliphatic carbocycles. The van der Waals surface area contributed by atoms with Crippen LogP contribution in [0, 0.1) is 0 Å². The third-order valence-electron chi connectivity index (χ3n) is 2.47. The molecule has 1 aromatic heterocycles. The van der Waals surface area contributed by atoms with Gasteiger partial charge in [0.15, 0.2) is 0 Å². The van der Waals surface area contributed by atoms with E-state index in [1.807, 2.05) is 0 Å². The van der Waals surface area contributed by atoms with Crippen molar-refractivity contribution in [1.29, 1.82) is 0 Å². The Bertz CT molecular complexity index is 609. The average Bonchev–Trinajstić information content (AvgIpc) is 2.98. The predicted octanol–water partition coefficient (Wildman–Crippen LogP) is 2.10. The Morgan fingerprint density at radius 2 is 2.16 bits per heavy atom. The van der Waals surface area contributed by atoms with Gasteiger partial charge in [-0.2, -0.15) is 0 Å².